The molecule has 0 aromatic heterocycles. The van der Waals surface area contributed by atoms with Crippen molar-refractivity contribution in [2.75, 3.05) is 26.7 Å². The molecule has 114 valence electrons. The van der Waals surface area contributed by atoms with E-state index in [9.17, 15) is 0 Å². The van der Waals surface area contributed by atoms with E-state index in [1.165, 1.54) is 32.5 Å². The Labute approximate surface area is 120 Å². The zero-order chi connectivity index (χ0) is 14.5. The summed E-state index contributed by atoms with van der Waals surface area (Å²) < 4.78 is 5.59. The van der Waals surface area contributed by atoms with Crippen LogP contribution in [0.3, 0.4) is 0 Å². The molecule has 1 saturated heterocycles. The first-order chi connectivity index (χ1) is 8.85. The lowest BCUT2D eigenvalue weighted by molar-refractivity contribution is -0.0133. The van der Waals surface area contributed by atoms with Gasteiger partial charge in [0.15, 0.2) is 0 Å². The Bertz CT molecular complexity index is 247. The van der Waals surface area contributed by atoms with Crippen molar-refractivity contribution in [2.45, 2.75) is 71.6 Å². The molecular formula is C16H34N2O. The molecule has 0 saturated carbocycles. The zero-order valence-electron chi connectivity index (χ0n) is 13.8. The van der Waals surface area contributed by atoms with E-state index in [0.29, 0.717) is 12.1 Å². The highest BCUT2D eigenvalue weighted by Gasteiger charge is 2.27. The van der Waals surface area contributed by atoms with E-state index in [2.05, 4.69) is 44.8 Å². The summed E-state index contributed by atoms with van der Waals surface area (Å²) in [6.45, 7) is 14.9. The van der Waals surface area contributed by atoms with Crippen molar-refractivity contribution >= 4 is 0 Å². The van der Waals surface area contributed by atoms with Crippen molar-refractivity contribution in [3.05, 3.63) is 0 Å². The first-order valence-electron chi connectivity index (χ1n) is 7.87. The van der Waals surface area contributed by atoms with Crippen LogP contribution in [0.1, 0.15) is 53.9 Å². The molecule has 19 heavy (non-hydrogen) atoms. The van der Waals surface area contributed by atoms with Crippen LogP contribution in [0.2, 0.25) is 0 Å². The second-order valence-corrected chi connectivity index (χ2v) is 7.02. The molecule has 3 nitrogen and oxygen atoms in total. The number of rotatable bonds is 7. The van der Waals surface area contributed by atoms with E-state index in [0.717, 1.165) is 12.3 Å². The second kappa shape index (κ2) is 7.61. The first kappa shape index (κ1) is 16.9. The van der Waals surface area contributed by atoms with Crippen LogP contribution in [-0.4, -0.2) is 49.3 Å². The summed E-state index contributed by atoms with van der Waals surface area (Å²) in [7, 11) is 1.82. The average Bonchev–Trinajstić information content (AvgIpc) is 2.36. The Kier molecular flexibility index (Phi) is 6.78. The van der Waals surface area contributed by atoms with E-state index < -0.39 is 0 Å². The van der Waals surface area contributed by atoms with Crippen LogP contribution in [0, 0.1) is 5.92 Å². The Hall–Kier alpha value is -0.120. The highest BCUT2D eigenvalue weighted by molar-refractivity contribution is 4.82. The number of nitrogens with one attached hydrogen (secondary N) is 1. The van der Waals surface area contributed by atoms with Gasteiger partial charge in [-0.1, -0.05) is 0 Å². The Morgan fingerprint density at radius 1 is 1.32 bits per heavy atom. The fourth-order valence-corrected chi connectivity index (χ4v) is 3.19. The summed E-state index contributed by atoms with van der Waals surface area (Å²) in [6, 6.07) is 1.17. The first-order valence-corrected chi connectivity index (χ1v) is 7.87. The normalized spacial score (nSPS) is 23.1. The highest BCUT2D eigenvalue weighted by Crippen LogP contribution is 2.22. The van der Waals surface area contributed by atoms with Gasteiger partial charge >= 0.3 is 0 Å². The van der Waals surface area contributed by atoms with Crippen molar-refractivity contribution in [1.82, 2.24) is 10.2 Å². The summed E-state index contributed by atoms with van der Waals surface area (Å²) in [5.74, 6) is 0.809. The summed E-state index contributed by atoms with van der Waals surface area (Å²) >= 11 is 0. The van der Waals surface area contributed by atoms with Gasteiger partial charge < -0.3 is 10.1 Å². The van der Waals surface area contributed by atoms with E-state index >= 15 is 0 Å². The Morgan fingerprint density at radius 2 is 2.00 bits per heavy atom. The Morgan fingerprint density at radius 3 is 2.47 bits per heavy atom. The van der Waals surface area contributed by atoms with Gasteiger partial charge in [0.1, 0.15) is 0 Å². The molecule has 0 bridgehead atoms. The standard InChI is InChI=1S/C16H34N2O/c1-13(2)18(12-15-8-7-9-17-11-15)14(3)10-16(4,5)19-6/h13-15,17H,7-12H2,1-6H3. The molecule has 0 amide bonds. The average molecular weight is 270 g/mol. The third kappa shape index (κ3) is 5.80. The molecule has 0 spiro atoms. The molecule has 0 radical (unpaired) electrons. The number of hydrogen-bond donors (Lipinski definition) is 1. The topological polar surface area (TPSA) is 24.5 Å². The number of ether oxygens (including phenoxy) is 1. The van der Waals surface area contributed by atoms with E-state index in [1.54, 1.807) is 0 Å². The smallest absolute Gasteiger partial charge is 0.0637 e. The predicted molar refractivity (Wildman–Crippen MR) is 82.6 cm³/mol. The fraction of sp³-hybridized carbons (Fsp3) is 1.00. The van der Waals surface area contributed by atoms with Crippen LogP contribution < -0.4 is 5.32 Å². The maximum atomic E-state index is 5.59. The van der Waals surface area contributed by atoms with Gasteiger partial charge in [-0.2, -0.15) is 0 Å². The van der Waals surface area contributed by atoms with E-state index in [1.807, 2.05) is 7.11 Å². The van der Waals surface area contributed by atoms with Gasteiger partial charge in [-0.25, -0.2) is 0 Å². The second-order valence-electron chi connectivity index (χ2n) is 7.02. The van der Waals surface area contributed by atoms with Gasteiger partial charge in [-0.05, 0) is 72.9 Å². The number of methoxy groups -OCH3 is 1. The van der Waals surface area contributed by atoms with Gasteiger partial charge in [0.25, 0.3) is 0 Å². The van der Waals surface area contributed by atoms with Gasteiger partial charge in [0.2, 0.25) is 0 Å². The number of piperidine rings is 1. The van der Waals surface area contributed by atoms with Crippen molar-refractivity contribution in [3.8, 4) is 0 Å². The van der Waals surface area contributed by atoms with Crippen LogP contribution >= 0.6 is 0 Å². The molecule has 1 rings (SSSR count). The predicted octanol–water partition coefficient (Wildman–Crippen LogP) is 2.90. The number of nitrogens with zero attached hydrogens (tertiary/aromatic N) is 1. The quantitative estimate of drug-likeness (QED) is 0.770. The minimum absolute atomic E-state index is 0.0304. The minimum atomic E-state index is -0.0304. The molecule has 0 aromatic carbocycles. The minimum Gasteiger partial charge on any atom is -0.379 e. The van der Waals surface area contributed by atoms with Crippen molar-refractivity contribution in [2.24, 2.45) is 5.92 Å². The summed E-state index contributed by atoms with van der Waals surface area (Å²) in [5, 5.41) is 3.53. The SMILES string of the molecule is COC(C)(C)CC(C)N(CC1CCCNC1)C(C)C. The molecule has 1 aliphatic rings. The number of hydrogen-bond acceptors (Lipinski definition) is 3. The maximum absolute atomic E-state index is 5.59. The fourth-order valence-electron chi connectivity index (χ4n) is 3.19. The van der Waals surface area contributed by atoms with Gasteiger partial charge in [-0.15, -0.1) is 0 Å². The summed E-state index contributed by atoms with van der Waals surface area (Å²) in [6.07, 6.45) is 3.78. The third-order valence-corrected chi connectivity index (χ3v) is 4.44. The zero-order valence-corrected chi connectivity index (χ0v) is 13.8. The monoisotopic (exact) mass is 270 g/mol. The molecule has 3 heteroatoms. The van der Waals surface area contributed by atoms with E-state index in [-0.39, 0.29) is 5.60 Å². The lowest BCUT2D eigenvalue weighted by Crippen LogP contribution is -2.47. The summed E-state index contributed by atoms with van der Waals surface area (Å²) in [4.78, 5) is 2.65. The van der Waals surface area contributed by atoms with Crippen LogP contribution in [0.4, 0.5) is 0 Å². The molecule has 1 fully saturated rings. The lowest BCUT2D eigenvalue weighted by atomic mass is 9.94. The van der Waals surface area contributed by atoms with Gasteiger partial charge in [-0.3, -0.25) is 4.90 Å². The molecule has 1 heterocycles. The molecule has 1 aliphatic heterocycles. The maximum Gasteiger partial charge on any atom is 0.0637 e. The van der Waals surface area contributed by atoms with Crippen molar-refractivity contribution < 1.29 is 4.74 Å². The van der Waals surface area contributed by atoms with Gasteiger partial charge in [0, 0.05) is 25.7 Å². The molecule has 1 N–H and O–H groups in total. The van der Waals surface area contributed by atoms with Crippen LogP contribution in [0.15, 0.2) is 0 Å². The molecule has 2 atom stereocenters. The van der Waals surface area contributed by atoms with Gasteiger partial charge in [0.05, 0.1) is 5.60 Å². The summed E-state index contributed by atoms with van der Waals surface area (Å²) in [5.41, 5.74) is -0.0304. The lowest BCUT2D eigenvalue weighted by Gasteiger charge is -2.39. The molecular weight excluding hydrogens is 236 g/mol. The molecule has 0 aromatic rings. The van der Waals surface area contributed by atoms with Crippen LogP contribution in [0.5, 0.6) is 0 Å². The van der Waals surface area contributed by atoms with Crippen LogP contribution in [0.25, 0.3) is 0 Å². The highest BCUT2D eigenvalue weighted by atomic mass is 16.5. The van der Waals surface area contributed by atoms with Crippen molar-refractivity contribution in [3.63, 3.8) is 0 Å². The third-order valence-electron chi connectivity index (χ3n) is 4.44. The Balaban J connectivity index is 2.55. The molecule has 0 aliphatic carbocycles. The molecule has 2 unspecified atom stereocenters. The van der Waals surface area contributed by atoms with Crippen molar-refractivity contribution in [1.29, 1.82) is 0 Å². The van der Waals surface area contributed by atoms with E-state index in [4.69, 9.17) is 4.74 Å². The van der Waals surface area contributed by atoms with Crippen LogP contribution in [-0.2, 0) is 4.74 Å². The largest absolute Gasteiger partial charge is 0.379 e.